The summed E-state index contributed by atoms with van der Waals surface area (Å²) < 4.78 is 5.42. The minimum atomic E-state index is 0.101. The molecule has 4 nitrogen and oxygen atoms in total. The molecule has 0 fully saturated rings. The lowest BCUT2D eigenvalue weighted by Gasteiger charge is -2.14. The fraction of sp³-hybridized carbons (Fsp3) is 0.286. The van der Waals surface area contributed by atoms with Crippen LogP contribution < -0.4 is 10.5 Å². The van der Waals surface area contributed by atoms with Crippen LogP contribution in [0.5, 0.6) is 5.75 Å². The van der Waals surface area contributed by atoms with E-state index in [1.807, 2.05) is 37.3 Å². The second kappa shape index (κ2) is 6.12. The van der Waals surface area contributed by atoms with Crippen LogP contribution in [0.3, 0.4) is 0 Å². The molecule has 1 atom stereocenters. The van der Waals surface area contributed by atoms with Crippen molar-refractivity contribution in [3.8, 4) is 5.75 Å². The van der Waals surface area contributed by atoms with Crippen molar-refractivity contribution in [1.29, 1.82) is 0 Å². The molecular formula is C14H17N3O. The van der Waals surface area contributed by atoms with Crippen LogP contribution in [-0.4, -0.2) is 23.1 Å². The quantitative estimate of drug-likeness (QED) is 0.872. The molecule has 94 valence electrons. The van der Waals surface area contributed by atoms with Crippen molar-refractivity contribution in [3.05, 3.63) is 54.1 Å². The molecule has 0 bridgehead atoms. The number of rotatable bonds is 5. The fourth-order valence-corrected chi connectivity index (χ4v) is 1.90. The minimum Gasteiger partial charge on any atom is -0.494 e. The van der Waals surface area contributed by atoms with Crippen LogP contribution in [0.2, 0.25) is 0 Å². The molecule has 0 aliphatic rings. The molecule has 1 aromatic carbocycles. The topological polar surface area (TPSA) is 61.0 Å². The summed E-state index contributed by atoms with van der Waals surface area (Å²) in [5.41, 5.74) is 7.92. The zero-order chi connectivity index (χ0) is 12.8. The molecule has 1 heterocycles. The first-order valence-electron chi connectivity index (χ1n) is 6.04. The number of hydrogen-bond donors (Lipinski definition) is 1. The van der Waals surface area contributed by atoms with Gasteiger partial charge in [0.2, 0.25) is 0 Å². The Morgan fingerprint density at radius 2 is 2.00 bits per heavy atom. The Hall–Kier alpha value is -1.94. The molecule has 0 aliphatic heterocycles. The molecule has 1 unspecified atom stereocenters. The third-order valence-corrected chi connectivity index (χ3v) is 2.79. The molecule has 0 spiro atoms. The Kier molecular flexibility index (Phi) is 4.25. The Morgan fingerprint density at radius 1 is 1.22 bits per heavy atom. The van der Waals surface area contributed by atoms with Gasteiger partial charge in [-0.3, -0.25) is 0 Å². The van der Waals surface area contributed by atoms with Crippen LogP contribution in [0.4, 0.5) is 0 Å². The van der Waals surface area contributed by atoms with E-state index in [1.54, 1.807) is 12.5 Å². The van der Waals surface area contributed by atoms with Gasteiger partial charge in [-0.2, -0.15) is 0 Å². The van der Waals surface area contributed by atoms with Gasteiger partial charge in [-0.05, 0) is 30.7 Å². The van der Waals surface area contributed by atoms with Crippen LogP contribution in [0.25, 0.3) is 0 Å². The maximum Gasteiger partial charge on any atom is 0.119 e. The van der Waals surface area contributed by atoms with Gasteiger partial charge in [0.1, 0.15) is 12.1 Å². The molecule has 0 saturated heterocycles. The van der Waals surface area contributed by atoms with E-state index in [-0.39, 0.29) is 5.92 Å². The van der Waals surface area contributed by atoms with E-state index < -0.39 is 0 Å². The maximum atomic E-state index is 5.84. The van der Waals surface area contributed by atoms with Crippen LogP contribution >= 0.6 is 0 Å². The van der Waals surface area contributed by atoms with Gasteiger partial charge in [-0.1, -0.05) is 12.1 Å². The number of hydrogen-bond acceptors (Lipinski definition) is 4. The van der Waals surface area contributed by atoms with E-state index in [4.69, 9.17) is 10.5 Å². The first-order chi connectivity index (χ1) is 8.85. The molecule has 0 amide bonds. The van der Waals surface area contributed by atoms with Gasteiger partial charge < -0.3 is 10.5 Å². The number of aromatic nitrogens is 2. The van der Waals surface area contributed by atoms with Gasteiger partial charge in [0.05, 0.1) is 12.3 Å². The highest BCUT2D eigenvalue weighted by Gasteiger charge is 2.13. The van der Waals surface area contributed by atoms with Crippen molar-refractivity contribution in [3.63, 3.8) is 0 Å². The summed E-state index contributed by atoms with van der Waals surface area (Å²) >= 11 is 0. The van der Waals surface area contributed by atoms with Crippen molar-refractivity contribution >= 4 is 0 Å². The van der Waals surface area contributed by atoms with Crippen molar-refractivity contribution in [1.82, 2.24) is 9.97 Å². The molecular weight excluding hydrogens is 226 g/mol. The van der Waals surface area contributed by atoms with Crippen LogP contribution in [0, 0.1) is 0 Å². The highest BCUT2D eigenvalue weighted by molar-refractivity contribution is 5.33. The largest absolute Gasteiger partial charge is 0.494 e. The van der Waals surface area contributed by atoms with Gasteiger partial charge in [0.15, 0.2) is 0 Å². The van der Waals surface area contributed by atoms with E-state index >= 15 is 0 Å². The highest BCUT2D eigenvalue weighted by atomic mass is 16.5. The summed E-state index contributed by atoms with van der Waals surface area (Å²) in [5.74, 6) is 0.975. The summed E-state index contributed by atoms with van der Waals surface area (Å²) in [6.07, 6.45) is 3.28. The second-order valence-electron chi connectivity index (χ2n) is 3.92. The Morgan fingerprint density at radius 3 is 2.56 bits per heavy atom. The maximum absolute atomic E-state index is 5.84. The lowest BCUT2D eigenvalue weighted by Crippen LogP contribution is -2.15. The normalized spacial score (nSPS) is 12.1. The average molecular weight is 243 g/mol. The molecule has 2 rings (SSSR count). The molecule has 0 radical (unpaired) electrons. The lowest BCUT2D eigenvalue weighted by atomic mass is 9.95. The van der Waals surface area contributed by atoms with Crippen molar-refractivity contribution < 1.29 is 4.74 Å². The molecule has 2 aromatic rings. The van der Waals surface area contributed by atoms with Crippen LogP contribution in [-0.2, 0) is 0 Å². The zero-order valence-electron chi connectivity index (χ0n) is 10.4. The van der Waals surface area contributed by atoms with Gasteiger partial charge in [0, 0.05) is 18.7 Å². The number of nitrogens with two attached hydrogens (primary N) is 1. The van der Waals surface area contributed by atoms with E-state index in [0.29, 0.717) is 13.2 Å². The molecule has 4 heteroatoms. The fourth-order valence-electron chi connectivity index (χ4n) is 1.90. The first-order valence-corrected chi connectivity index (χ1v) is 6.04. The van der Waals surface area contributed by atoms with E-state index in [1.165, 1.54) is 0 Å². The minimum absolute atomic E-state index is 0.101. The van der Waals surface area contributed by atoms with Crippen molar-refractivity contribution in [2.24, 2.45) is 5.73 Å². The van der Waals surface area contributed by atoms with Gasteiger partial charge >= 0.3 is 0 Å². The molecule has 1 aromatic heterocycles. The molecule has 2 N–H and O–H groups in total. The Labute approximate surface area is 107 Å². The zero-order valence-corrected chi connectivity index (χ0v) is 10.4. The summed E-state index contributed by atoms with van der Waals surface area (Å²) in [7, 11) is 0. The SMILES string of the molecule is CCOc1ccc(C(CN)c2ccncn2)cc1. The van der Waals surface area contributed by atoms with E-state index in [2.05, 4.69) is 9.97 Å². The van der Waals surface area contributed by atoms with Gasteiger partial charge in [-0.15, -0.1) is 0 Å². The predicted molar refractivity (Wildman–Crippen MR) is 70.5 cm³/mol. The third-order valence-electron chi connectivity index (χ3n) is 2.79. The number of ether oxygens (including phenoxy) is 1. The summed E-state index contributed by atoms with van der Waals surface area (Å²) in [5, 5.41) is 0. The summed E-state index contributed by atoms with van der Waals surface area (Å²) in [6.45, 7) is 3.16. The molecule has 0 aliphatic carbocycles. The van der Waals surface area contributed by atoms with Crippen molar-refractivity contribution in [2.45, 2.75) is 12.8 Å². The standard InChI is InChI=1S/C14H17N3O/c1-2-18-12-5-3-11(4-6-12)13(9-15)14-7-8-16-10-17-14/h3-8,10,13H,2,9,15H2,1H3. The average Bonchev–Trinajstić information content (AvgIpc) is 2.43. The highest BCUT2D eigenvalue weighted by Crippen LogP contribution is 2.23. The smallest absolute Gasteiger partial charge is 0.119 e. The third kappa shape index (κ3) is 2.84. The monoisotopic (exact) mass is 243 g/mol. The number of nitrogens with zero attached hydrogens (tertiary/aromatic N) is 2. The Balaban J connectivity index is 2.23. The summed E-state index contributed by atoms with van der Waals surface area (Å²) in [4.78, 5) is 8.18. The number of benzene rings is 1. The van der Waals surface area contributed by atoms with E-state index in [0.717, 1.165) is 17.0 Å². The van der Waals surface area contributed by atoms with Crippen molar-refractivity contribution in [2.75, 3.05) is 13.2 Å². The van der Waals surface area contributed by atoms with Gasteiger partial charge in [0.25, 0.3) is 0 Å². The second-order valence-corrected chi connectivity index (χ2v) is 3.92. The van der Waals surface area contributed by atoms with Crippen LogP contribution in [0.15, 0.2) is 42.9 Å². The predicted octanol–water partition coefficient (Wildman–Crippen LogP) is 1.97. The first kappa shape index (κ1) is 12.5. The Bertz CT molecular complexity index is 470. The van der Waals surface area contributed by atoms with Gasteiger partial charge in [-0.25, -0.2) is 9.97 Å². The molecule has 18 heavy (non-hydrogen) atoms. The van der Waals surface area contributed by atoms with Crippen LogP contribution in [0.1, 0.15) is 24.1 Å². The molecule has 0 saturated carbocycles. The summed E-state index contributed by atoms with van der Waals surface area (Å²) in [6, 6.07) is 9.88. The lowest BCUT2D eigenvalue weighted by molar-refractivity contribution is 0.340. The van der Waals surface area contributed by atoms with E-state index in [9.17, 15) is 0 Å².